The van der Waals surface area contributed by atoms with Crippen molar-refractivity contribution in [3.63, 3.8) is 0 Å². The number of halogens is 1. The predicted octanol–water partition coefficient (Wildman–Crippen LogP) is -2.16. The van der Waals surface area contributed by atoms with Crippen molar-refractivity contribution in [2.75, 3.05) is 27.2 Å². The number of piperazine rings is 1. The van der Waals surface area contributed by atoms with Crippen molar-refractivity contribution in [2.24, 2.45) is 0 Å². The SMILES string of the molecule is CC1NCC[N+](C)(C)C1(C)C.[Br-]. The summed E-state index contributed by atoms with van der Waals surface area (Å²) in [5.74, 6) is 0. The largest absolute Gasteiger partial charge is 1.00 e. The minimum Gasteiger partial charge on any atom is -1.00 e. The Morgan fingerprint density at radius 2 is 1.83 bits per heavy atom. The van der Waals surface area contributed by atoms with Gasteiger partial charge in [0.2, 0.25) is 0 Å². The molecule has 1 saturated heterocycles. The number of hydrogen-bond donors (Lipinski definition) is 1. The molecule has 3 heteroatoms. The highest BCUT2D eigenvalue weighted by Crippen LogP contribution is 2.26. The molecular formula is C9H21BrN2. The monoisotopic (exact) mass is 236 g/mol. The standard InChI is InChI=1S/C9H21N2.BrH/c1-8-9(2,3)11(4,5)7-6-10-8;/h8,10H,6-7H2,1-5H3;1H/q+1;/p-1. The first-order valence-corrected chi connectivity index (χ1v) is 4.44. The molecule has 1 unspecified atom stereocenters. The minimum absolute atomic E-state index is 0. The van der Waals surface area contributed by atoms with Crippen LogP contribution in [0.25, 0.3) is 0 Å². The van der Waals surface area contributed by atoms with Crippen molar-refractivity contribution in [3.05, 3.63) is 0 Å². The number of rotatable bonds is 0. The minimum atomic E-state index is 0. The summed E-state index contributed by atoms with van der Waals surface area (Å²) in [5.41, 5.74) is 0.359. The molecule has 0 aromatic heterocycles. The van der Waals surface area contributed by atoms with E-state index in [0.29, 0.717) is 11.6 Å². The molecule has 12 heavy (non-hydrogen) atoms. The quantitative estimate of drug-likeness (QED) is 0.473. The molecule has 0 amide bonds. The zero-order valence-corrected chi connectivity index (χ0v) is 10.4. The van der Waals surface area contributed by atoms with E-state index in [0.717, 1.165) is 11.0 Å². The van der Waals surface area contributed by atoms with E-state index in [-0.39, 0.29) is 17.0 Å². The maximum absolute atomic E-state index is 3.51. The Hall–Kier alpha value is 0.400. The zero-order chi connectivity index (χ0) is 8.70. The average molecular weight is 237 g/mol. The van der Waals surface area contributed by atoms with Crippen LogP contribution in [0.15, 0.2) is 0 Å². The van der Waals surface area contributed by atoms with E-state index in [1.807, 2.05) is 0 Å². The molecular weight excluding hydrogens is 216 g/mol. The molecule has 0 spiro atoms. The summed E-state index contributed by atoms with van der Waals surface area (Å²) in [6.45, 7) is 9.34. The summed E-state index contributed by atoms with van der Waals surface area (Å²) < 4.78 is 1.13. The van der Waals surface area contributed by atoms with Gasteiger partial charge in [-0.2, -0.15) is 0 Å². The van der Waals surface area contributed by atoms with Crippen LogP contribution in [0, 0.1) is 0 Å². The van der Waals surface area contributed by atoms with Gasteiger partial charge in [-0.05, 0) is 20.8 Å². The maximum atomic E-state index is 3.51. The molecule has 1 rings (SSSR count). The Kier molecular flexibility index (Phi) is 3.76. The predicted molar refractivity (Wildman–Crippen MR) is 48.5 cm³/mol. The van der Waals surface area contributed by atoms with Gasteiger partial charge in [0, 0.05) is 6.54 Å². The second-order valence-electron chi connectivity index (χ2n) is 4.74. The van der Waals surface area contributed by atoms with E-state index in [9.17, 15) is 0 Å². The lowest BCUT2D eigenvalue weighted by molar-refractivity contribution is -0.943. The Labute approximate surface area is 86.7 Å². The molecule has 1 heterocycles. The van der Waals surface area contributed by atoms with Crippen LogP contribution in [0.2, 0.25) is 0 Å². The van der Waals surface area contributed by atoms with E-state index in [2.05, 4.69) is 40.2 Å². The van der Waals surface area contributed by atoms with Crippen LogP contribution in [0.3, 0.4) is 0 Å². The lowest BCUT2D eigenvalue weighted by atomic mass is 9.89. The third kappa shape index (κ3) is 1.83. The van der Waals surface area contributed by atoms with E-state index >= 15 is 0 Å². The highest BCUT2D eigenvalue weighted by Gasteiger charge is 2.43. The Morgan fingerprint density at radius 3 is 2.17 bits per heavy atom. The summed E-state index contributed by atoms with van der Waals surface area (Å²) in [7, 11) is 4.63. The Bertz CT molecular complexity index is 155. The van der Waals surface area contributed by atoms with E-state index < -0.39 is 0 Å². The van der Waals surface area contributed by atoms with Gasteiger partial charge < -0.3 is 26.8 Å². The van der Waals surface area contributed by atoms with Gasteiger partial charge in [-0.15, -0.1) is 0 Å². The van der Waals surface area contributed by atoms with E-state index in [1.165, 1.54) is 6.54 Å². The lowest BCUT2D eigenvalue weighted by Gasteiger charge is -2.51. The van der Waals surface area contributed by atoms with Crippen molar-refractivity contribution in [1.82, 2.24) is 5.32 Å². The van der Waals surface area contributed by atoms with Gasteiger partial charge in [-0.25, -0.2) is 0 Å². The Balaban J connectivity index is 0.00000121. The first-order chi connectivity index (χ1) is 4.88. The second kappa shape index (κ2) is 3.64. The van der Waals surface area contributed by atoms with Crippen molar-refractivity contribution < 1.29 is 21.5 Å². The number of quaternary nitrogens is 1. The molecule has 74 valence electrons. The summed E-state index contributed by atoms with van der Waals surface area (Å²) >= 11 is 0. The van der Waals surface area contributed by atoms with Crippen LogP contribution in [0.1, 0.15) is 20.8 Å². The molecule has 1 atom stereocenters. The fourth-order valence-electron chi connectivity index (χ4n) is 1.62. The van der Waals surface area contributed by atoms with Crippen molar-refractivity contribution in [1.29, 1.82) is 0 Å². The average Bonchev–Trinajstić information content (AvgIpc) is 1.84. The molecule has 1 aliphatic heterocycles. The van der Waals surface area contributed by atoms with Gasteiger partial charge in [0.1, 0.15) is 5.54 Å². The van der Waals surface area contributed by atoms with Gasteiger partial charge in [-0.3, -0.25) is 0 Å². The fourth-order valence-corrected chi connectivity index (χ4v) is 1.62. The number of nitrogens with zero attached hydrogens (tertiary/aromatic N) is 1. The van der Waals surface area contributed by atoms with Crippen LogP contribution in [-0.4, -0.2) is 43.2 Å². The molecule has 0 radical (unpaired) electrons. The van der Waals surface area contributed by atoms with Gasteiger partial charge >= 0.3 is 0 Å². The number of likely N-dealkylation sites (N-methyl/N-ethyl adjacent to an activating group) is 1. The van der Waals surface area contributed by atoms with E-state index in [4.69, 9.17) is 0 Å². The first-order valence-electron chi connectivity index (χ1n) is 4.44. The topological polar surface area (TPSA) is 12.0 Å². The third-order valence-corrected chi connectivity index (χ3v) is 3.74. The van der Waals surface area contributed by atoms with Crippen LogP contribution < -0.4 is 22.3 Å². The molecule has 0 bridgehead atoms. The molecule has 0 aliphatic carbocycles. The van der Waals surface area contributed by atoms with Gasteiger partial charge in [0.25, 0.3) is 0 Å². The molecule has 1 N–H and O–H groups in total. The Morgan fingerprint density at radius 1 is 1.33 bits per heavy atom. The lowest BCUT2D eigenvalue weighted by Crippen LogP contribution is -3.00. The first kappa shape index (κ1) is 12.4. The third-order valence-electron chi connectivity index (χ3n) is 3.74. The van der Waals surface area contributed by atoms with Crippen LogP contribution in [-0.2, 0) is 0 Å². The summed E-state index contributed by atoms with van der Waals surface area (Å²) in [6, 6.07) is 0.617. The molecule has 1 fully saturated rings. The van der Waals surface area contributed by atoms with Crippen LogP contribution in [0.5, 0.6) is 0 Å². The van der Waals surface area contributed by atoms with Crippen molar-refractivity contribution in [3.8, 4) is 0 Å². The summed E-state index contributed by atoms with van der Waals surface area (Å²) in [4.78, 5) is 0. The summed E-state index contributed by atoms with van der Waals surface area (Å²) in [5, 5.41) is 3.51. The van der Waals surface area contributed by atoms with Gasteiger partial charge in [-0.1, -0.05) is 0 Å². The molecule has 0 saturated carbocycles. The van der Waals surface area contributed by atoms with Crippen LogP contribution in [0.4, 0.5) is 0 Å². The van der Waals surface area contributed by atoms with E-state index in [1.54, 1.807) is 0 Å². The van der Waals surface area contributed by atoms with Gasteiger partial charge in [0.15, 0.2) is 0 Å². The second-order valence-corrected chi connectivity index (χ2v) is 4.74. The van der Waals surface area contributed by atoms with Crippen molar-refractivity contribution in [2.45, 2.75) is 32.4 Å². The number of hydrogen-bond acceptors (Lipinski definition) is 1. The highest BCUT2D eigenvalue weighted by molar-refractivity contribution is 4.85. The summed E-state index contributed by atoms with van der Waals surface area (Å²) in [6.07, 6.45) is 0. The smallest absolute Gasteiger partial charge is 0.108 e. The zero-order valence-electron chi connectivity index (χ0n) is 8.82. The fraction of sp³-hybridized carbons (Fsp3) is 1.00. The molecule has 0 aromatic rings. The van der Waals surface area contributed by atoms with Gasteiger partial charge in [0.05, 0.1) is 26.7 Å². The normalized spacial score (nSPS) is 32.2. The molecule has 1 aliphatic rings. The van der Waals surface area contributed by atoms with Crippen LogP contribution >= 0.6 is 0 Å². The maximum Gasteiger partial charge on any atom is 0.108 e. The highest BCUT2D eigenvalue weighted by atomic mass is 79.9. The molecule has 0 aromatic carbocycles. The molecule has 2 nitrogen and oxygen atoms in total. The van der Waals surface area contributed by atoms with Crippen molar-refractivity contribution >= 4 is 0 Å². The number of nitrogens with one attached hydrogen (secondary N) is 1.